The highest BCUT2D eigenvalue weighted by atomic mass is 16.3. The van der Waals surface area contributed by atoms with E-state index in [0.29, 0.717) is 11.6 Å². The summed E-state index contributed by atoms with van der Waals surface area (Å²) in [6.07, 6.45) is 11.5. The van der Waals surface area contributed by atoms with Crippen molar-refractivity contribution < 1.29 is 9.90 Å². The molecule has 0 aromatic heterocycles. The molecule has 160 valence electrons. The molecule has 0 bridgehead atoms. The van der Waals surface area contributed by atoms with E-state index < -0.39 is 0 Å². The zero-order valence-corrected chi connectivity index (χ0v) is 18.9. The van der Waals surface area contributed by atoms with Gasteiger partial charge in [0.25, 0.3) is 0 Å². The maximum atomic E-state index is 13.2. The van der Waals surface area contributed by atoms with Crippen LogP contribution in [0.3, 0.4) is 0 Å². The number of unbranched alkanes of at least 4 members (excludes halogenated alkanes) is 1. The number of anilines is 1. The molecule has 3 nitrogen and oxygen atoms in total. The van der Waals surface area contributed by atoms with Crippen molar-refractivity contribution in [2.24, 2.45) is 17.8 Å². The van der Waals surface area contributed by atoms with E-state index in [4.69, 9.17) is 0 Å². The Labute approximate surface area is 173 Å². The van der Waals surface area contributed by atoms with Crippen molar-refractivity contribution in [2.45, 2.75) is 98.8 Å². The van der Waals surface area contributed by atoms with Crippen molar-refractivity contribution in [1.82, 2.24) is 0 Å². The van der Waals surface area contributed by atoms with Gasteiger partial charge in [-0.2, -0.15) is 0 Å². The third-order valence-electron chi connectivity index (χ3n) is 5.88. The van der Waals surface area contributed by atoms with Gasteiger partial charge < -0.3 is 10.4 Å². The van der Waals surface area contributed by atoms with Crippen LogP contribution in [0.25, 0.3) is 0 Å². The first kappa shape index (κ1) is 24.5. The Morgan fingerprint density at radius 3 is 2.18 bits per heavy atom. The number of carbonyl (C=O) groups is 1. The van der Waals surface area contributed by atoms with Gasteiger partial charge in [-0.25, -0.2) is 0 Å². The SMILES string of the molecule is CCCC(C)CCCCC(C(=O)Nc1cc(C)ccc1O)C(CCC)CCC. The molecule has 0 saturated heterocycles. The number of rotatable bonds is 14. The fraction of sp³-hybridized carbons (Fsp3) is 0.720. The first-order valence-electron chi connectivity index (χ1n) is 11.5. The lowest BCUT2D eigenvalue weighted by molar-refractivity contribution is -0.122. The lowest BCUT2D eigenvalue weighted by Gasteiger charge is -2.26. The van der Waals surface area contributed by atoms with Crippen LogP contribution < -0.4 is 5.32 Å². The van der Waals surface area contributed by atoms with E-state index in [0.717, 1.165) is 50.0 Å². The van der Waals surface area contributed by atoms with Gasteiger partial charge in [0.05, 0.1) is 5.69 Å². The number of hydrogen-bond acceptors (Lipinski definition) is 2. The molecule has 0 heterocycles. The van der Waals surface area contributed by atoms with Crippen LogP contribution in [0.2, 0.25) is 0 Å². The van der Waals surface area contributed by atoms with E-state index in [1.807, 2.05) is 19.1 Å². The summed E-state index contributed by atoms with van der Waals surface area (Å²) in [7, 11) is 0. The van der Waals surface area contributed by atoms with Crippen LogP contribution >= 0.6 is 0 Å². The maximum absolute atomic E-state index is 13.2. The Balaban J connectivity index is 2.80. The van der Waals surface area contributed by atoms with E-state index in [9.17, 15) is 9.90 Å². The predicted octanol–water partition coefficient (Wildman–Crippen LogP) is 7.47. The molecule has 3 heteroatoms. The summed E-state index contributed by atoms with van der Waals surface area (Å²) in [6, 6.07) is 5.37. The molecule has 1 rings (SSSR count). The molecule has 2 atom stereocenters. The van der Waals surface area contributed by atoms with Crippen molar-refractivity contribution in [2.75, 3.05) is 5.32 Å². The zero-order chi connectivity index (χ0) is 20.9. The molecule has 1 amide bonds. The number of benzene rings is 1. The van der Waals surface area contributed by atoms with Crippen molar-refractivity contribution >= 4 is 11.6 Å². The summed E-state index contributed by atoms with van der Waals surface area (Å²) in [4.78, 5) is 13.2. The minimum Gasteiger partial charge on any atom is -0.506 e. The smallest absolute Gasteiger partial charge is 0.227 e. The molecular formula is C25H43NO2. The summed E-state index contributed by atoms with van der Waals surface area (Å²) in [5.41, 5.74) is 1.58. The van der Waals surface area contributed by atoms with Crippen LogP contribution in [0, 0.1) is 24.7 Å². The standard InChI is InChI=1S/C25H43NO2/c1-6-11-19(4)14-9-10-15-22(21(12-7-2)13-8-3)25(28)26-23-18-20(5)16-17-24(23)27/h16-19,21-22,27H,6-15H2,1-5H3,(H,26,28). The number of aromatic hydroxyl groups is 1. The third kappa shape index (κ3) is 8.67. The number of amides is 1. The van der Waals surface area contributed by atoms with Crippen LogP contribution in [0.4, 0.5) is 5.69 Å². The van der Waals surface area contributed by atoms with Gasteiger partial charge in [-0.1, -0.05) is 78.7 Å². The molecule has 1 aromatic rings. The summed E-state index contributed by atoms with van der Waals surface area (Å²) < 4.78 is 0. The number of nitrogens with one attached hydrogen (secondary N) is 1. The van der Waals surface area contributed by atoms with Crippen LogP contribution in [0.1, 0.15) is 97.5 Å². The van der Waals surface area contributed by atoms with Crippen LogP contribution in [0.15, 0.2) is 18.2 Å². The summed E-state index contributed by atoms with van der Waals surface area (Å²) >= 11 is 0. The zero-order valence-electron chi connectivity index (χ0n) is 18.9. The van der Waals surface area contributed by atoms with Crippen molar-refractivity contribution in [1.29, 1.82) is 0 Å². The normalized spacial score (nSPS) is 13.5. The molecule has 0 spiro atoms. The highest BCUT2D eigenvalue weighted by Gasteiger charge is 2.27. The minimum absolute atomic E-state index is 0.0290. The largest absolute Gasteiger partial charge is 0.506 e. The van der Waals surface area contributed by atoms with Gasteiger partial charge in [0.1, 0.15) is 5.75 Å². The van der Waals surface area contributed by atoms with Crippen molar-refractivity contribution in [3.05, 3.63) is 23.8 Å². The van der Waals surface area contributed by atoms with Gasteiger partial charge in [-0.05, 0) is 55.7 Å². The molecule has 0 saturated carbocycles. The van der Waals surface area contributed by atoms with E-state index >= 15 is 0 Å². The van der Waals surface area contributed by atoms with E-state index in [-0.39, 0.29) is 17.6 Å². The lowest BCUT2D eigenvalue weighted by atomic mass is 9.81. The van der Waals surface area contributed by atoms with E-state index in [1.54, 1.807) is 6.07 Å². The molecule has 2 unspecified atom stereocenters. The first-order valence-corrected chi connectivity index (χ1v) is 11.5. The number of carbonyl (C=O) groups excluding carboxylic acids is 1. The topological polar surface area (TPSA) is 49.3 Å². The fourth-order valence-electron chi connectivity index (χ4n) is 4.34. The second-order valence-corrected chi connectivity index (χ2v) is 8.63. The Morgan fingerprint density at radius 1 is 0.964 bits per heavy atom. The van der Waals surface area contributed by atoms with Gasteiger partial charge in [0.15, 0.2) is 0 Å². The number of phenols is 1. The van der Waals surface area contributed by atoms with Gasteiger partial charge >= 0.3 is 0 Å². The lowest BCUT2D eigenvalue weighted by Crippen LogP contribution is -2.29. The Bertz CT molecular complexity index is 564. The van der Waals surface area contributed by atoms with Gasteiger partial charge in [0, 0.05) is 5.92 Å². The molecule has 0 radical (unpaired) electrons. The predicted molar refractivity (Wildman–Crippen MR) is 121 cm³/mol. The highest BCUT2D eigenvalue weighted by molar-refractivity contribution is 5.94. The first-order chi connectivity index (χ1) is 13.4. The van der Waals surface area contributed by atoms with Crippen molar-refractivity contribution in [3.63, 3.8) is 0 Å². The van der Waals surface area contributed by atoms with Gasteiger partial charge in [-0.3, -0.25) is 4.79 Å². The highest BCUT2D eigenvalue weighted by Crippen LogP contribution is 2.31. The van der Waals surface area contributed by atoms with Gasteiger partial charge in [0.2, 0.25) is 5.91 Å². The molecule has 0 fully saturated rings. The molecular weight excluding hydrogens is 346 g/mol. The molecule has 0 aliphatic heterocycles. The monoisotopic (exact) mass is 389 g/mol. The van der Waals surface area contributed by atoms with Crippen molar-refractivity contribution in [3.8, 4) is 5.75 Å². The third-order valence-corrected chi connectivity index (χ3v) is 5.88. The average molecular weight is 390 g/mol. The number of hydrogen-bond donors (Lipinski definition) is 2. The Morgan fingerprint density at radius 2 is 1.57 bits per heavy atom. The van der Waals surface area contributed by atoms with Crippen LogP contribution in [-0.2, 0) is 4.79 Å². The second kappa shape index (κ2) is 13.6. The second-order valence-electron chi connectivity index (χ2n) is 8.63. The Hall–Kier alpha value is -1.51. The van der Waals surface area contributed by atoms with Gasteiger partial charge in [-0.15, -0.1) is 0 Å². The molecule has 2 N–H and O–H groups in total. The number of phenolic OH excluding ortho intramolecular Hbond substituents is 1. The molecule has 1 aromatic carbocycles. The van der Waals surface area contributed by atoms with E-state index in [1.165, 1.54) is 25.7 Å². The summed E-state index contributed by atoms with van der Waals surface area (Å²) in [6.45, 7) is 11.0. The fourth-order valence-corrected chi connectivity index (χ4v) is 4.34. The Kier molecular flexibility index (Phi) is 11.9. The number of aryl methyl sites for hydroxylation is 1. The average Bonchev–Trinajstić information content (AvgIpc) is 2.65. The summed E-state index contributed by atoms with van der Waals surface area (Å²) in [5.74, 6) is 1.46. The molecule has 28 heavy (non-hydrogen) atoms. The minimum atomic E-state index is 0.0290. The van der Waals surface area contributed by atoms with Crippen LogP contribution in [0.5, 0.6) is 5.75 Å². The molecule has 0 aliphatic rings. The van der Waals surface area contributed by atoms with Crippen LogP contribution in [-0.4, -0.2) is 11.0 Å². The quantitative estimate of drug-likeness (QED) is 0.256. The summed E-state index contributed by atoms with van der Waals surface area (Å²) in [5, 5.41) is 13.2. The maximum Gasteiger partial charge on any atom is 0.227 e. The molecule has 0 aliphatic carbocycles. The van der Waals surface area contributed by atoms with E-state index in [2.05, 4.69) is 33.0 Å².